The van der Waals surface area contributed by atoms with E-state index in [9.17, 15) is 14.7 Å². The molecule has 178 valence electrons. The Bertz CT molecular complexity index is 1210. The van der Waals surface area contributed by atoms with E-state index in [4.69, 9.17) is 19.2 Å². The van der Waals surface area contributed by atoms with Gasteiger partial charge in [-0.25, -0.2) is 0 Å². The number of carbonyl (C=O) groups excluding carboxylic acids is 2. The fourth-order valence-electron chi connectivity index (χ4n) is 5.81. The van der Waals surface area contributed by atoms with Crippen LogP contribution in [0.4, 0.5) is 0 Å². The van der Waals surface area contributed by atoms with Gasteiger partial charge in [0.1, 0.15) is 28.6 Å². The van der Waals surface area contributed by atoms with Gasteiger partial charge in [-0.3, -0.25) is 14.6 Å². The van der Waals surface area contributed by atoms with Gasteiger partial charge in [-0.1, -0.05) is 37.3 Å². The summed E-state index contributed by atoms with van der Waals surface area (Å²) in [5.41, 5.74) is -0.418. The molecule has 1 N–H and O–H groups in total. The van der Waals surface area contributed by atoms with Gasteiger partial charge in [0, 0.05) is 30.5 Å². The molecule has 4 atom stereocenters. The topological polar surface area (TPSA) is 94.4 Å². The normalized spacial score (nSPS) is 30.2. The molecule has 7 heteroatoms. The number of aliphatic hydroxyl groups is 1. The molecule has 0 saturated heterocycles. The molecule has 2 aliphatic heterocycles. The summed E-state index contributed by atoms with van der Waals surface area (Å²) in [6.07, 6.45) is 0.675. The van der Waals surface area contributed by atoms with Crippen molar-refractivity contribution < 1.29 is 28.9 Å². The van der Waals surface area contributed by atoms with Crippen molar-refractivity contribution >= 4 is 17.3 Å². The second-order valence-electron chi connectivity index (χ2n) is 9.52. The van der Waals surface area contributed by atoms with E-state index in [0.29, 0.717) is 40.5 Å². The molecule has 5 rings (SSSR count). The summed E-state index contributed by atoms with van der Waals surface area (Å²) in [5, 5.41) is 11.6. The predicted molar refractivity (Wildman–Crippen MR) is 126 cm³/mol. The summed E-state index contributed by atoms with van der Waals surface area (Å²) in [7, 11) is 3.06. The Kier molecular flexibility index (Phi) is 5.28. The van der Waals surface area contributed by atoms with Crippen molar-refractivity contribution in [3.63, 3.8) is 0 Å². The first kappa shape index (κ1) is 22.6. The minimum Gasteiger partial charge on any atom is -0.496 e. The molecule has 2 heterocycles. The summed E-state index contributed by atoms with van der Waals surface area (Å²) >= 11 is 0. The van der Waals surface area contributed by atoms with Crippen LogP contribution in [0, 0.1) is 18.8 Å². The highest BCUT2D eigenvalue weighted by atomic mass is 16.5. The number of Topliss-reactive ketones (excluding diaryl/α,β-unsaturated/α-hetero) is 2. The van der Waals surface area contributed by atoms with Crippen molar-refractivity contribution in [3.8, 4) is 17.2 Å². The van der Waals surface area contributed by atoms with E-state index in [1.54, 1.807) is 13.2 Å². The maximum atomic E-state index is 14.1. The number of rotatable bonds is 3. The predicted octanol–water partition coefficient (Wildman–Crippen LogP) is 3.67. The molecule has 1 fully saturated rings. The first-order valence-electron chi connectivity index (χ1n) is 11.6. The van der Waals surface area contributed by atoms with Crippen molar-refractivity contribution in [1.82, 2.24) is 0 Å². The Labute approximate surface area is 198 Å². The van der Waals surface area contributed by atoms with Gasteiger partial charge in [0.25, 0.3) is 0 Å². The van der Waals surface area contributed by atoms with Crippen molar-refractivity contribution in [2.24, 2.45) is 16.8 Å². The van der Waals surface area contributed by atoms with E-state index < -0.39 is 23.0 Å². The molecule has 0 aromatic heterocycles. The second kappa shape index (κ2) is 7.94. The molecule has 1 saturated carbocycles. The first-order chi connectivity index (χ1) is 16.3. The maximum Gasteiger partial charge on any atom is 0.220 e. The fraction of sp³-hybridized carbons (Fsp3) is 0.444. The summed E-state index contributed by atoms with van der Waals surface area (Å²) in [5.74, 6) is -0.0803. The third-order valence-electron chi connectivity index (χ3n) is 7.67. The van der Waals surface area contributed by atoms with Crippen LogP contribution in [0.15, 0.2) is 41.4 Å². The van der Waals surface area contributed by atoms with Crippen LogP contribution >= 0.6 is 0 Å². The number of methoxy groups -OCH3 is 2. The Hall–Kier alpha value is -3.19. The van der Waals surface area contributed by atoms with Gasteiger partial charge in [-0.2, -0.15) is 0 Å². The highest BCUT2D eigenvalue weighted by molar-refractivity contribution is 6.29. The fourth-order valence-corrected chi connectivity index (χ4v) is 5.81. The van der Waals surface area contributed by atoms with Crippen LogP contribution in [0.2, 0.25) is 0 Å². The van der Waals surface area contributed by atoms with Crippen LogP contribution in [0.25, 0.3) is 0 Å². The van der Waals surface area contributed by atoms with Gasteiger partial charge in [0.05, 0.1) is 31.5 Å². The highest BCUT2D eigenvalue weighted by Crippen LogP contribution is 2.53. The van der Waals surface area contributed by atoms with E-state index >= 15 is 0 Å². The van der Waals surface area contributed by atoms with Crippen LogP contribution in [0.1, 0.15) is 47.7 Å². The Morgan fingerprint density at radius 2 is 1.82 bits per heavy atom. The number of benzene rings is 2. The summed E-state index contributed by atoms with van der Waals surface area (Å²) in [6, 6.07) is 11.0. The highest BCUT2D eigenvalue weighted by Gasteiger charge is 2.63. The molecular weight excluding hydrogens is 434 g/mol. The van der Waals surface area contributed by atoms with Crippen LogP contribution < -0.4 is 14.2 Å². The Morgan fingerprint density at radius 1 is 1.12 bits per heavy atom. The standard InChI is InChI=1S/C27H29NO6/c1-15-12-19(29)18-14-26(31,17-8-6-5-7-9-17)10-11-28-24(18)27(15)25(30)22-21(33-4)13-20(32-3)16(2)23(22)34-27/h5-9,13,15,18,31H,10-12,14H2,1-4H3. The van der Waals surface area contributed by atoms with Crippen molar-refractivity contribution in [3.05, 3.63) is 53.1 Å². The average molecular weight is 464 g/mol. The molecule has 0 radical (unpaired) electrons. The quantitative estimate of drug-likeness (QED) is 0.746. The zero-order valence-electron chi connectivity index (χ0n) is 19.9. The van der Waals surface area contributed by atoms with E-state index in [1.165, 1.54) is 7.11 Å². The van der Waals surface area contributed by atoms with Gasteiger partial charge in [0.15, 0.2) is 0 Å². The number of fused-ring (bicyclic) bond motifs is 3. The Balaban J connectivity index is 1.63. The largest absolute Gasteiger partial charge is 0.496 e. The van der Waals surface area contributed by atoms with Gasteiger partial charge in [-0.15, -0.1) is 0 Å². The molecule has 4 unspecified atom stereocenters. The number of ketones is 2. The van der Waals surface area contributed by atoms with Gasteiger partial charge >= 0.3 is 0 Å². The zero-order valence-corrected chi connectivity index (χ0v) is 19.9. The molecule has 0 amide bonds. The smallest absolute Gasteiger partial charge is 0.220 e. The second-order valence-corrected chi connectivity index (χ2v) is 9.52. The van der Waals surface area contributed by atoms with Crippen molar-refractivity contribution in [2.45, 2.75) is 44.3 Å². The molecule has 7 nitrogen and oxygen atoms in total. The first-order valence-corrected chi connectivity index (χ1v) is 11.6. The van der Waals surface area contributed by atoms with Crippen LogP contribution in [-0.2, 0) is 10.4 Å². The zero-order chi connectivity index (χ0) is 24.3. The van der Waals surface area contributed by atoms with Crippen molar-refractivity contribution in [2.75, 3.05) is 20.8 Å². The lowest BCUT2D eigenvalue weighted by atomic mass is 9.64. The van der Waals surface area contributed by atoms with Crippen LogP contribution in [-0.4, -0.2) is 48.8 Å². The SMILES string of the molecule is COc1cc(OC)c2c(c1C)OC1(C2=O)C2=NCCC(O)(c3ccccc3)CC2C(=O)CC1C. The van der Waals surface area contributed by atoms with Gasteiger partial charge < -0.3 is 19.3 Å². The number of nitrogens with zero attached hydrogens (tertiary/aromatic N) is 1. The maximum absolute atomic E-state index is 14.1. The molecule has 1 spiro atoms. The molecule has 0 bridgehead atoms. The number of ether oxygens (including phenoxy) is 3. The third-order valence-corrected chi connectivity index (χ3v) is 7.67. The van der Waals surface area contributed by atoms with Crippen LogP contribution in [0.5, 0.6) is 17.2 Å². The number of hydrogen-bond acceptors (Lipinski definition) is 7. The molecular formula is C27H29NO6. The third kappa shape index (κ3) is 3.03. The minimum atomic E-state index is -1.41. The lowest BCUT2D eigenvalue weighted by Gasteiger charge is -2.42. The molecule has 2 aromatic rings. The minimum absolute atomic E-state index is 0.0262. The monoisotopic (exact) mass is 463 g/mol. The molecule has 34 heavy (non-hydrogen) atoms. The van der Waals surface area contributed by atoms with Crippen LogP contribution in [0.3, 0.4) is 0 Å². The van der Waals surface area contributed by atoms with E-state index in [0.717, 1.165) is 5.56 Å². The summed E-state index contributed by atoms with van der Waals surface area (Å²) < 4.78 is 17.6. The van der Waals surface area contributed by atoms with Crippen molar-refractivity contribution in [1.29, 1.82) is 0 Å². The molecule has 2 aromatic carbocycles. The lowest BCUT2D eigenvalue weighted by molar-refractivity contribution is -0.126. The van der Waals surface area contributed by atoms with Gasteiger partial charge in [-0.05, 0) is 25.3 Å². The molecule has 1 aliphatic carbocycles. The number of aliphatic imine (C=N–C) groups is 1. The molecule has 3 aliphatic rings. The van der Waals surface area contributed by atoms with E-state index in [-0.39, 0.29) is 31.0 Å². The summed E-state index contributed by atoms with van der Waals surface area (Å²) in [6.45, 7) is 3.97. The number of hydrogen-bond donors (Lipinski definition) is 1. The van der Waals surface area contributed by atoms with Gasteiger partial charge in [0.2, 0.25) is 11.4 Å². The lowest BCUT2D eigenvalue weighted by Crippen LogP contribution is -2.61. The van der Waals surface area contributed by atoms with E-state index in [1.807, 2.05) is 44.2 Å². The van der Waals surface area contributed by atoms with E-state index in [2.05, 4.69) is 0 Å². The summed E-state index contributed by atoms with van der Waals surface area (Å²) in [4.78, 5) is 32.2. The average Bonchev–Trinajstić information content (AvgIpc) is 3.02. The number of carbonyl (C=O) groups is 2. The Morgan fingerprint density at radius 3 is 2.50 bits per heavy atom.